The van der Waals surface area contributed by atoms with Crippen LogP contribution in [-0.2, 0) is 0 Å². The summed E-state index contributed by atoms with van der Waals surface area (Å²) in [6.07, 6.45) is 0. The van der Waals surface area contributed by atoms with Crippen molar-refractivity contribution in [1.29, 1.82) is 0 Å². The van der Waals surface area contributed by atoms with Crippen molar-refractivity contribution in [2.45, 2.75) is 0 Å². The van der Waals surface area contributed by atoms with E-state index in [1.54, 1.807) is 0 Å². The van der Waals surface area contributed by atoms with Gasteiger partial charge in [0.1, 0.15) is 5.52 Å². The van der Waals surface area contributed by atoms with Gasteiger partial charge in [-0.1, -0.05) is 0 Å². The first-order valence-electron chi connectivity index (χ1n) is 5.36. The second-order valence-electron chi connectivity index (χ2n) is 3.96. The molecule has 0 spiro atoms. The van der Waals surface area contributed by atoms with Crippen molar-refractivity contribution < 1.29 is 4.42 Å². The van der Waals surface area contributed by atoms with Crippen LogP contribution in [0.1, 0.15) is 0 Å². The summed E-state index contributed by atoms with van der Waals surface area (Å²) in [6.45, 7) is 0. The SMILES string of the molecule is Nc1c(Br)cc2oc(-c3ccc(I)cc3)nc2c1Br. The first-order chi connectivity index (χ1) is 9.06. The zero-order valence-corrected chi connectivity index (χ0v) is 14.8. The minimum atomic E-state index is 0.588. The first-order valence-corrected chi connectivity index (χ1v) is 8.02. The molecule has 3 aromatic rings. The van der Waals surface area contributed by atoms with E-state index in [-0.39, 0.29) is 0 Å². The van der Waals surface area contributed by atoms with E-state index in [4.69, 9.17) is 10.2 Å². The third-order valence-electron chi connectivity index (χ3n) is 2.70. The van der Waals surface area contributed by atoms with Crippen LogP contribution in [0.3, 0.4) is 0 Å². The number of benzene rings is 2. The number of nitrogens with zero attached hydrogens (tertiary/aromatic N) is 1. The second-order valence-corrected chi connectivity index (χ2v) is 6.85. The molecule has 0 aliphatic carbocycles. The van der Waals surface area contributed by atoms with E-state index in [2.05, 4.69) is 59.4 Å². The number of fused-ring (bicyclic) bond motifs is 1. The molecule has 6 heteroatoms. The van der Waals surface area contributed by atoms with E-state index < -0.39 is 0 Å². The van der Waals surface area contributed by atoms with Crippen molar-refractivity contribution in [3.63, 3.8) is 0 Å². The van der Waals surface area contributed by atoms with Crippen molar-refractivity contribution in [3.05, 3.63) is 42.8 Å². The van der Waals surface area contributed by atoms with Gasteiger partial charge < -0.3 is 10.2 Å². The van der Waals surface area contributed by atoms with Gasteiger partial charge in [-0.2, -0.15) is 0 Å². The Morgan fingerprint density at radius 3 is 2.53 bits per heavy atom. The Hall–Kier alpha value is -0.600. The van der Waals surface area contributed by atoms with Gasteiger partial charge in [-0.15, -0.1) is 0 Å². The van der Waals surface area contributed by atoms with E-state index in [1.807, 2.05) is 30.3 Å². The number of nitrogen functional groups attached to an aromatic ring is 1. The third kappa shape index (κ3) is 2.41. The van der Waals surface area contributed by atoms with E-state index in [1.165, 1.54) is 3.57 Å². The highest BCUT2D eigenvalue weighted by Gasteiger charge is 2.14. The van der Waals surface area contributed by atoms with E-state index >= 15 is 0 Å². The quantitative estimate of drug-likeness (QED) is 0.374. The summed E-state index contributed by atoms with van der Waals surface area (Å²) in [5, 5.41) is 0. The highest BCUT2D eigenvalue weighted by atomic mass is 127. The molecule has 0 aliphatic rings. The number of hydrogen-bond donors (Lipinski definition) is 1. The molecule has 0 fully saturated rings. The average molecular weight is 494 g/mol. The van der Waals surface area contributed by atoms with Crippen LogP contribution >= 0.6 is 54.5 Å². The number of halogens is 3. The van der Waals surface area contributed by atoms with Gasteiger partial charge >= 0.3 is 0 Å². The van der Waals surface area contributed by atoms with Gasteiger partial charge in [0, 0.05) is 13.6 Å². The smallest absolute Gasteiger partial charge is 0.227 e. The van der Waals surface area contributed by atoms with Crippen LogP contribution < -0.4 is 5.73 Å². The Morgan fingerprint density at radius 2 is 1.84 bits per heavy atom. The summed E-state index contributed by atoms with van der Waals surface area (Å²) >= 11 is 9.11. The molecule has 0 bridgehead atoms. The number of nitrogens with two attached hydrogens (primary N) is 1. The lowest BCUT2D eigenvalue weighted by Gasteiger charge is -1.99. The van der Waals surface area contributed by atoms with Crippen molar-refractivity contribution in [2.24, 2.45) is 0 Å². The van der Waals surface area contributed by atoms with Crippen LogP contribution in [0.15, 0.2) is 43.7 Å². The molecule has 0 atom stereocenters. The summed E-state index contributed by atoms with van der Waals surface area (Å²) < 4.78 is 8.49. The molecule has 1 heterocycles. The normalized spacial score (nSPS) is 11.1. The summed E-state index contributed by atoms with van der Waals surface area (Å²) in [7, 11) is 0. The lowest BCUT2D eigenvalue weighted by molar-refractivity contribution is 0.619. The molecule has 96 valence electrons. The van der Waals surface area contributed by atoms with Gasteiger partial charge in [0.05, 0.1) is 10.2 Å². The molecule has 0 saturated carbocycles. The molecule has 2 aromatic carbocycles. The average Bonchev–Trinajstić information content (AvgIpc) is 2.81. The van der Waals surface area contributed by atoms with Crippen LogP contribution in [0.25, 0.3) is 22.6 Å². The maximum Gasteiger partial charge on any atom is 0.227 e. The number of hydrogen-bond acceptors (Lipinski definition) is 3. The number of anilines is 1. The molecule has 2 N–H and O–H groups in total. The number of rotatable bonds is 1. The number of aromatic nitrogens is 1. The van der Waals surface area contributed by atoms with Crippen LogP contribution in [0.4, 0.5) is 5.69 Å². The zero-order chi connectivity index (χ0) is 13.6. The molecular formula is C13H7Br2IN2O. The topological polar surface area (TPSA) is 52.0 Å². The summed E-state index contributed by atoms with van der Waals surface area (Å²) in [6, 6.07) is 9.84. The minimum absolute atomic E-state index is 0.588. The Balaban J connectivity index is 2.22. The summed E-state index contributed by atoms with van der Waals surface area (Å²) in [5.74, 6) is 0.588. The molecule has 0 amide bonds. The molecule has 0 radical (unpaired) electrons. The van der Waals surface area contributed by atoms with Gasteiger partial charge in [-0.05, 0) is 84.8 Å². The lowest BCUT2D eigenvalue weighted by atomic mass is 10.2. The number of oxazole rings is 1. The molecule has 0 aliphatic heterocycles. The van der Waals surface area contributed by atoms with Crippen LogP contribution in [0.5, 0.6) is 0 Å². The highest BCUT2D eigenvalue weighted by molar-refractivity contribution is 14.1. The van der Waals surface area contributed by atoms with E-state index in [0.29, 0.717) is 17.2 Å². The first kappa shape index (κ1) is 13.4. The van der Waals surface area contributed by atoms with Crippen molar-refractivity contribution in [1.82, 2.24) is 4.98 Å². The third-order valence-corrected chi connectivity index (χ3v) is 4.88. The molecule has 1 aromatic heterocycles. The highest BCUT2D eigenvalue weighted by Crippen LogP contribution is 2.37. The van der Waals surface area contributed by atoms with Gasteiger partial charge in [0.25, 0.3) is 0 Å². The van der Waals surface area contributed by atoms with E-state index in [9.17, 15) is 0 Å². The van der Waals surface area contributed by atoms with Gasteiger partial charge in [-0.3, -0.25) is 0 Å². The fraction of sp³-hybridized carbons (Fsp3) is 0. The fourth-order valence-electron chi connectivity index (χ4n) is 1.73. The largest absolute Gasteiger partial charge is 0.436 e. The van der Waals surface area contributed by atoms with Crippen molar-refractivity contribution >= 4 is 71.2 Å². The monoisotopic (exact) mass is 492 g/mol. The van der Waals surface area contributed by atoms with Gasteiger partial charge in [0.2, 0.25) is 5.89 Å². The van der Waals surface area contributed by atoms with Crippen LogP contribution in [0.2, 0.25) is 0 Å². The van der Waals surface area contributed by atoms with Crippen LogP contribution in [0, 0.1) is 3.57 Å². The molecule has 19 heavy (non-hydrogen) atoms. The molecular weight excluding hydrogens is 487 g/mol. The van der Waals surface area contributed by atoms with Crippen molar-refractivity contribution in [2.75, 3.05) is 5.73 Å². The fourth-order valence-corrected chi connectivity index (χ4v) is 3.26. The molecule has 3 rings (SSSR count). The standard InChI is InChI=1S/C13H7Br2IN2O/c14-8-5-9-12(10(15)11(8)17)18-13(19-9)6-1-3-7(16)4-2-6/h1-5H,17H2. The lowest BCUT2D eigenvalue weighted by Crippen LogP contribution is -1.88. The second kappa shape index (κ2) is 5.06. The Morgan fingerprint density at radius 1 is 1.16 bits per heavy atom. The Bertz CT molecular complexity index is 768. The molecule has 3 nitrogen and oxygen atoms in total. The molecule has 0 unspecified atom stereocenters. The maximum atomic E-state index is 5.94. The summed E-state index contributed by atoms with van der Waals surface area (Å²) in [4.78, 5) is 4.50. The zero-order valence-electron chi connectivity index (χ0n) is 9.45. The Kier molecular flexibility index (Phi) is 3.57. The maximum absolute atomic E-state index is 5.94. The predicted molar refractivity (Wildman–Crippen MR) is 92.0 cm³/mol. The Labute approximate surface area is 140 Å². The summed E-state index contributed by atoms with van der Waals surface area (Å²) in [5.41, 5.74) is 8.93. The molecule has 0 saturated heterocycles. The predicted octanol–water partition coefficient (Wildman–Crippen LogP) is 5.21. The van der Waals surface area contributed by atoms with Gasteiger partial charge in [0.15, 0.2) is 5.58 Å². The van der Waals surface area contributed by atoms with Gasteiger partial charge in [-0.25, -0.2) is 4.98 Å². The van der Waals surface area contributed by atoms with Crippen molar-refractivity contribution in [3.8, 4) is 11.5 Å². The van der Waals surface area contributed by atoms with Crippen LogP contribution in [-0.4, -0.2) is 4.98 Å². The minimum Gasteiger partial charge on any atom is -0.436 e. The van der Waals surface area contributed by atoms with E-state index in [0.717, 1.165) is 20.0 Å².